The van der Waals surface area contributed by atoms with Gasteiger partial charge >= 0.3 is 12.0 Å². The molecule has 0 bridgehead atoms. The smallest absolute Gasteiger partial charge is 0.350 e. The van der Waals surface area contributed by atoms with Crippen LogP contribution in [0.4, 0.5) is 10.5 Å². The lowest BCUT2D eigenvalue weighted by atomic mass is 10.1. The number of nitrogens with zero attached hydrogens (tertiary/aromatic N) is 2. The highest BCUT2D eigenvalue weighted by Gasteiger charge is 2.29. The molecule has 2 atom stereocenters. The first-order valence-corrected chi connectivity index (χ1v) is 7.75. The van der Waals surface area contributed by atoms with E-state index in [1.54, 1.807) is 16.3 Å². The summed E-state index contributed by atoms with van der Waals surface area (Å²) in [6.45, 7) is 5.54. The van der Waals surface area contributed by atoms with Gasteiger partial charge in [0.2, 0.25) is 0 Å². The molecule has 1 aromatic rings. The Labute approximate surface area is 128 Å². The van der Waals surface area contributed by atoms with Crippen LogP contribution in [0.1, 0.15) is 23.5 Å². The third-order valence-corrected chi connectivity index (χ3v) is 4.82. The molecule has 1 N–H and O–H groups in total. The molecule has 1 aromatic heterocycles. The van der Waals surface area contributed by atoms with E-state index >= 15 is 0 Å². The molecule has 1 aliphatic rings. The fourth-order valence-corrected chi connectivity index (χ4v) is 3.19. The van der Waals surface area contributed by atoms with Gasteiger partial charge in [-0.25, -0.2) is 9.59 Å². The van der Waals surface area contributed by atoms with Gasteiger partial charge in [-0.1, -0.05) is 0 Å². The molecule has 2 heterocycles. The van der Waals surface area contributed by atoms with Crippen LogP contribution >= 0.6 is 11.3 Å². The molecule has 0 spiro atoms. The molecular formula is C14H21N3O3S. The summed E-state index contributed by atoms with van der Waals surface area (Å²) in [4.78, 5) is 28.5. The number of nitrogens with one attached hydrogen (secondary N) is 1. The van der Waals surface area contributed by atoms with Crippen LogP contribution in [0.2, 0.25) is 0 Å². The zero-order valence-electron chi connectivity index (χ0n) is 12.8. The van der Waals surface area contributed by atoms with Crippen molar-refractivity contribution in [1.82, 2.24) is 9.80 Å². The van der Waals surface area contributed by atoms with Crippen molar-refractivity contribution in [1.29, 1.82) is 0 Å². The number of urea groups is 1. The summed E-state index contributed by atoms with van der Waals surface area (Å²) in [5, 5.41) is 4.57. The van der Waals surface area contributed by atoms with Crippen LogP contribution in [-0.4, -0.2) is 61.1 Å². The molecule has 6 nitrogen and oxygen atoms in total. The Bertz CT molecular complexity index is 519. The highest BCUT2D eigenvalue weighted by molar-refractivity contribution is 7.12. The maximum atomic E-state index is 12.4. The Hall–Kier alpha value is -1.60. The van der Waals surface area contributed by atoms with E-state index in [1.165, 1.54) is 18.4 Å². The molecule has 7 heteroatoms. The molecule has 1 fully saturated rings. The summed E-state index contributed by atoms with van der Waals surface area (Å²) in [7, 11) is 3.40. The molecule has 0 saturated carbocycles. The number of likely N-dealkylation sites (N-methyl/N-ethyl adjacent to an activating group) is 1. The summed E-state index contributed by atoms with van der Waals surface area (Å²) in [5.74, 6) is -0.430. The van der Waals surface area contributed by atoms with Crippen LogP contribution in [0, 0.1) is 0 Å². The molecule has 0 aliphatic carbocycles. The van der Waals surface area contributed by atoms with Gasteiger partial charge in [-0.05, 0) is 32.3 Å². The van der Waals surface area contributed by atoms with Gasteiger partial charge in [0.05, 0.1) is 12.8 Å². The van der Waals surface area contributed by atoms with Gasteiger partial charge in [0.1, 0.15) is 4.88 Å². The summed E-state index contributed by atoms with van der Waals surface area (Å²) in [6, 6.07) is 2.16. The Morgan fingerprint density at radius 2 is 1.95 bits per heavy atom. The van der Waals surface area contributed by atoms with E-state index in [2.05, 4.69) is 31.1 Å². The van der Waals surface area contributed by atoms with Crippen molar-refractivity contribution < 1.29 is 14.3 Å². The number of hydrogen-bond acceptors (Lipinski definition) is 5. The van der Waals surface area contributed by atoms with Crippen molar-refractivity contribution in [2.75, 3.05) is 32.6 Å². The summed E-state index contributed by atoms with van der Waals surface area (Å²) < 4.78 is 4.71. The molecule has 2 rings (SSSR count). The third kappa shape index (κ3) is 3.36. The molecular weight excluding hydrogens is 290 g/mol. The number of ether oxygens (including phenoxy) is 1. The van der Waals surface area contributed by atoms with Crippen LogP contribution in [0.3, 0.4) is 0 Å². The van der Waals surface area contributed by atoms with Crippen LogP contribution < -0.4 is 5.32 Å². The highest BCUT2D eigenvalue weighted by Crippen LogP contribution is 2.24. The predicted molar refractivity (Wildman–Crippen MR) is 82.9 cm³/mol. The summed E-state index contributed by atoms with van der Waals surface area (Å²) in [5.41, 5.74) is 0.510. The molecule has 21 heavy (non-hydrogen) atoms. The SMILES string of the molecule is COC(=O)c1sccc1NC(=O)N1C[C@@H](C)N(C)[C@@H](C)C1. The molecule has 0 radical (unpaired) electrons. The van der Waals surface area contributed by atoms with E-state index in [0.29, 0.717) is 35.7 Å². The number of hydrogen-bond donors (Lipinski definition) is 1. The number of carbonyl (C=O) groups excluding carboxylic acids is 2. The van der Waals surface area contributed by atoms with E-state index in [9.17, 15) is 9.59 Å². The van der Waals surface area contributed by atoms with Crippen molar-refractivity contribution >= 4 is 29.0 Å². The second-order valence-corrected chi connectivity index (χ2v) is 6.27. The largest absolute Gasteiger partial charge is 0.465 e. The standard InChI is InChI=1S/C14H21N3O3S/c1-9-7-17(8-10(2)16(9)3)14(19)15-11-5-6-21-12(11)13(18)20-4/h5-6,9-10H,7-8H2,1-4H3,(H,15,19)/t9-,10+. The fourth-order valence-electron chi connectivity index (χ4n) is 2.42. The van der Waals surface area contributed by atoms with Gasteiger partial charge < -0.3 is 15.0 Å². The maximum absolute atomic E-state index is 12.4. The Balaban J connectivity index is 2.05. The average Bonchev–Trinajstić information content (AvgIpc) is 2.91. The number of carbonyl (C=O) groups is 2. The second kappa shape index (κ2) is 6.44. The fraction of sp³-hybridized carbons (Fsp3) is 0.571. The normalized spacial score (nSPS) is 23.0. The minimum Gasteiger partial charge on any atom is -0.465 e. The summed E-state index contributed by atoms with van der Waals surface area (Å²) >= 11 is 1.26. The molecule has 1 saturated heterocycles. The third-order valence-electron chi connectivity index (χ3n) is 3.92. The van der Waals surface area contributed by atoms with E-state index in [1.807, 2.05) is 0 Å². The van der Waals surface area contributed by atoms with Gasteiger partial charge in [-0.3, -0.25) is 4.90 Å². The lowest BCUT2D eigenvalue weighted by Crippen LogP contribution is -2.57. The Morgan fingerprint density at radius 1 is 1.33 bits per heavy atom. The van der Waals surface area contributed by atoms with Gasteiger partial charge in [-0.15, -0.1) is 11.3 Å². The maximum Gasteiger partial charge on any atom is 0.350 e. The zero-order chi connectivity index (χ0) is 15.6. The Kier molecular flexibility index (Phi) is 4.84. The van der Waals surface area contributed by atoms with Crippen LogP contribution in [0.5, 0.6) is 0 Å². The molecule has 2 amide bonds. The van der Waals surface area contributed by atoms with Crippen molar-refractivity contribution in [3.05, 3.63) is 16.3 Å². The van der Waals surface area contributed by atoms with Crippen molar-refractivity contribution in [2.45, 2.75) is 25.9 Å². The average molecular weight is 311 g/mol. The van der Waals surface area contributed by atoms with Crippen LogP contribution in [0.15, 0.2) is 11.4 Å². The first-order valence-electron chi connectivity index (χ1n) is 6.87. The number of anilines is 1. The topological polar surface area (TPSA) is 61.9 Å². The van der Waals surface area contributed by atoms with Crippen LogP contribution in [0.25, 0.3) is 0 Å². The van der Waals surface area contributed by atoms with Gasteiger partial charge in [0, 0.05) is 25.2 Å². The predicted octanol–water partition coefficient (Wildman–Crippen LogP) is 2.09. The highest BCUT2D eigenvalue weighted by atomic mass is 32.1. The first kappa shape index (κ1) is 15.8. The summed E-state index contributed by atoms with van der Waals surface area (Å²) in [6.07, 6.45) is 0. The van der Waals surface area contributed by atoms with E-state index < -0.39 is 5.97 Å². The number of rotatable bonds is 2. The number of methoxy groups -OCH3 is 1. The zero-order valence-corrected chi connectivity index (χ0v) is 13.6. The number of esters is 1. The van der Waals surface area contributed by atoms with E-state index in [-0.39, 0.29) is 6.03 Å². The van der Waals surface area contributed by atoms with Crippen molar-refractivity contribution in [2.24, 2.45) is 0 Å². The second-order valence-electron chi connectivity index (χ2n) is 5.35. The van der Waals surface area contributed by atoms with Crippen molar-refractivity contribution in [3.63, 3.8) is 0 Å². The van der Waals surface area contributed by atoms with E-state index in [4.69, 9.17) is 4.74 Å². The molecule has 0 unspecified atom stereocenters. The number of piperazine rings is 1. The van der Waals surface area contributed by atoms with Gasteiger partial charge in [0.15, 0.2) is 0 Å². The monoisotopic (exact) mass is 311 g/mol. The first-order chi connectivity index (χ1) is 9.93. The lowest BCUT2D eigenvalue weighted by molar-refractivity contribution is 0.0607. The Morgan fingerprint density at radius 3 is 2.52 bits per heavy atom. The van der Waals surface area contributed by atoms with Crippen LogP contribution in [-0.2, 0) is 4.74 Å². The molecule has 0 aromatic carbocycles. The van der Waals surface area contributed by atoms with E-state index in [0.717, 1.165) is 0 Å². The van der Waals surface area contributed by atoms with Crippen molar-refractivity contribution in [3.8, 4) is 0 Å². The molecule has 116 valence electrons. The quantitative estimate of drug-likeness (QED) is 0.850. The minimum absolute atomic E-state index is 0.176. The number of amides is 2. The number of thiophene rings is 1. The lowest BCUT2D eigenvalue weighted by Gasteiger charge is -2.42. The van der Waals surface area contributed by atoms with Gasteiger partial charge in [-0.2, -0.15) is 0 Å². The minimum atomic E-state index is -0.430. The van der Waals surface area contributed by atoms with Gasteiger partial charge in [0.25, 0.3) is 0 Å². The molecule has 1 aliphatic heterocycles.